The maximum absolute atomic E-state index is 13.9. The van der Waals surface area contributed by atoms with Gasteiger partial charge in [-0.15, -0.1) is 11.3 Å². The Balaban J connectivity index is 1.54. The highest BCUT2D eigenvalue weighted by Gasteiger charge is 2.42. The molecule has 0 aliphatic carbocycles. The highest BCUT2D eigenvalue weighted by molar-refractivity contribution is 7.87. The third-order valence-electron chi connectivity index (χ3n) is 6.77. The van der Waals surface area contributed by atoms with Crippen LogP contribution in [0, 0.1) is 5.82 Å². The highest BCUT2D eigenvalue weighted by Crippen LogP contribution is 2.38. The summed E-state index contributed by atoms with van der Waals surface area (Å²) in [5.74, 6) is -0.670. The summed E-state index contributed by atoms with van der Waals surface area (Å²) in [7, 11) is -2.57. The number of aliphatic imine (C=N–C) groups is 1. The van der Waals surface area contributed by atoms with E-state index in [1.54, 1.807) is 6.20 Å². The van der Waals surface area contributed by atoms with Crippen molar-refractivity contribution in [2.24, 2.45) is 10.1 Å². The van der Waals surface area contributed by atoms with Crippen molar-refractivity contribution in [3.63, 3.8) is 0 Å². The number of methoxy groups -OCH3 is 1. The Morgan fingerprint density at radius 1 is 1.37 bits per heavy atom. The fourth-order valence-electron chi connectivity index (χ4n) is 5.23. The fourth-order valence-corrected chi connectivity index (χ4v) is 6.74. The second-order valence-electron chi connectivity index (χ2n) is 9.24. The number of aromatic nitrogens is 1. The van der Waals surface area contributed by atoms with Gasteiger partial charge in [-0.05, 0) is 25.0 Å². The van der Waals surface area contributed by atoms with E-state index in [0.717, 1.165) is 0 Å². The van der Waals surface area contributed by atoms with E-state index in [1.165, 1.54) is 36.6 Å². The van der Waals surface area contributed by atoms with E-state index in [0.29, 0.717) is 54.7 Å². The van der Waals surface area contributed by atoms with Crippen LogP contribution in [0.25, 0.3) is 0 Å². The van der Waals surface area contributed by atoms with Crippen LogP contribution in [0.2, 0.25) is 5.02 Å². The Morgan fingerprint density at radius 3 is 2.71 bits per heavy atom. The van der Waals surface area contributed by atoms with Crippen molar-refractivity contribution in [3.8, 4) is 0 Å². The number of hydrogen-bond donors (Lipinski definition) is 3. The predicted molar refractivity (Wildman–Crippen MR) is 139 cm³/mol. The van der Waals surface area contributed by atoms with Crippen molar-refractivity contribution in [2.75, 3.05) is 26.9 Å². The third-order valence-corrected chi connectivity index (χ3v) is 8.54. The zero-order valence-corrected chi connectivity index (χ0v) is 22.7. The number of esters is 1. The lowest BCUT2D eigenvalue weighted by Crippen LogP contribution is -2.62. The van der Waals surface area contributed by atoms with Gasteiger partial charge in [-0.1, -0.05) is 17.7 Å². The molecule has 3 aliphatic heterocycles. The lowest BCUT2D eigenvalue weighted by atomic mass is 9.89. The van der Waals surface area contributed by atoms with Gasteiger partial charge in [0, 0.05) is 52.5 Å². The van der Waals surface area contributed by atoms with Crippen LogP contribution in [0.15, 0.2) is 46.0 Å². The van der Waals surface area contributed by atoms with Crippen LogP contribution < -0.4 is 15.2 Å². The molecular formula is C23H26ClFN6O5S2. The minimum atomic E-state index is -3.85. The van der Waals surface area contributed by atoms with Crippen molar-refractivity contribution >= 4 is 45.0 Å². The van der Waals surface area contributed by atoms with Crippen molar-refractivity contribution in [3.05, 3.63) is 62.5 Å². The third kappa shape index (κ3) is 5.76. The summed E-state index contributed by atoms with van der Waals surface area (Å²) < 4.78 is 50.6. The first kappa shape index (κ1) is 27.1. The number of carbonyl (C=O) groups is 1. The molecule has 0 spiro atoms. The summed E-state index contributed by atoms with van der Waals surface area (Å²) in [5.41, 5.74) is 1.23. The van der Waals surface area contributed by atoms with Crippen LogP contribution in [0.3, 0.4) is 0 Å². The minimum absolute atomic E-state index is 0.125. The highest BCUT2D eigenvalue weighted by atomic mass is 35.5. The number of nitrogens with one attached hydrogen (secondary N) is 2. The summed E-state index contributed by atoms with van der Waals surface area (Å²) >= 11 is 7.80. The molecule has 11 nitrogen and oxygen atoms in total. The largest absolute Gasteiger partial charge is 0.466 e. The molecule has 0 radical (unpaired) electrons. The van der Waals surface area contributed by atoms with E-state index in [4.69, 9.17) is 31.2 Å². The van der Waals surface area contributed by atoms with E-state index in [2.05, 4.69) is 19.9 Å². The monoisotopic (exact) mass is 584 g/mol. The second kappa shape index (κ2) is 11.0. The van der Waals surface area contributed by atoms with E-state index >= 15 is 0 Å². The SMILES string of the molecule is COC(=O)C1=C(CN2[C@@H]3COC[C@H]2C[C@H](NS(N)(=O)=O)C3)NC(c2nccs2)=N[C@H]1c1ccc(F)cc1Cl. The van der Waals surface area contributed by atoms with Gasteiger partial charge in [0.1, 0.15) is 11.9 Å². The lowest BCUT2D eigenvalue weighted by Gasteiger charge is -2.49. The van der Waals surface area contributed by atoms with Gasteiger partial charge >= 0.3 is 5.97 Å². The molecular weight excluding hydrogens is 559 g/mol. The Hall–Kier alpha value is -2.46. The lowest BCUT2D eigenvalue weighted by molar-refractivity contribution is -0.136. The standard InChI is InChI=1S/C23H26ClFN6O5S2/c1-35-23(32)19-18(9-31-14-7-13(30-38(26,33)34)8-15(31)11-36-10-14)28-21(22-27-4-5-37-22)29-20(19)16-3-2-12(25)6-17(16)24/h2-6,13-15,20,30H,7-11H2,1H3,(H,28,29)(H2,26,33,34)/t13-,14+,15-,20-/m0/s1. The first-order valence-corrected chi connectivity index (χ1v) is 14.6. The summed E-state index contributed by atoms with van der Waals surface area (Å²) in [5, 5.41) is 11.0. The number of amidine groups is 1. The smallest absolute Gasteiger partial charge is 0.338 e. The fraction of sp³-hybridized carbons (Fsp3) is 0.435. The molecule has 0 saturated carbocycles. The van der Waals surface area contributed by atoms with Crippen LogP contribution in [0.4, 0.5) is 4.39 Å². The number of carbonyl (C=O) groups excluding carboxylic acids is 1. The molecule has 2 fully saturated rings. The van der Waals surface area contributed by atoms with Crippen LogP contribution in [-0.2, 0) is 24.5 Å². The van der Waals surface area contributed by atoms with Crippen molar-refractivity contribution < 1.29 is 27.1 Å². The Morgan fingerprint density at radius 2 is 2.11 bits per heavy atom. The van der Waals surface area contributed by atoms with E-state index in [9.17, 15) is 17.6 Å². The molecule has 0 amide bonds. The van der Waals surface area contributed by atoms with Gasteiger partial charge in [0.05, 0.1) is 25.9 Å². The van der Waals surface area contributed by atoms with Gasteiger partial charge in [0.2, 0.25) is 0 Å². The summed E-state index contributed by atoms with van der Waals surface area (Å²) in [6.45, 7) is 1.08. The number of hydrogen-bond acceptors (Lipinski definition) is 10. The number of halogens is 2. The van der Waals surface area contributed by atoms with Gasteiger partial charge in [-0.2, -0.15) is 13.1 Å². The van der Waals surface area contributed by atoms with Crippen LogP contribution in [-0.4, -0.2) is 75.1 Å². The number of fused-ring (bicyclic) bond motifs is 2. The molecule has 2 aromatic rings. The maximum Gasteiger partial charge on any atom is 0.338 e. The number of nitrogens with zero attached hydrogens (tertiary/aromatic N) is 3. The first-order chi connectivity index (χ1) is 18.1. The number of rotatable bonds is 7. The van der Waals surface area contributed by atoms with Crippen LogP contribution >= 0.6 is 22.9 Å². The second-order valence-corrected chi connectivity index (χ2v) is 11.9. The summed E-state index contributed by atoms with van der Waals surface area (Å²) in [6, 6.07) is 2.48. The average Bonchev–Trinajstić information content (AvgIpc) is 3.38. The molecule has 204 valence electrons. The number of thiazole rings is 1. The number of ether oxygens (including phenoxy) is 2. The van der Waals surface area contributed by atoms with Crippen LogP contribution in [0.5, 0.6) is 0 Å². The van der Waals surface area contributed by atoms with Crippen LogP contribution in [0.1, 0.15) is 29.5 Å². The molecule has 0 unspecified atom stereocenters. The van der Waals surface area contributed by atoms with Crippen molar-refractivity contribution in [2.45, 2.75) is 37.0 Å². The molecule has 1 aromatic heterocycles. The Bertz CT molecular complexity index is 1370. The zero-order valence-electron chi connectivity index (χ0n) is 20.3. The van der Waals surface area contributed by atoms with Gasteiger partial charge in [0.15, 0.2) is 10.8 Å². The quantitative estimate of drug-likeness (QED) is 0.415. The molecule has 15 heteroatoms. The summed E-state index contributed by atoms with van der Waals surface area (Å²) in [6.07, 6.45) is 2.61. The molecule has 38 heavy (non-hydrogen) atoms. The topological polar surface area (TPSA) is 148 Å². The molecule has 2 saturated heterocycles. The Labute approximate surface area is 228 Å². The predicted octanol–water partition coefficient (Wildman–Crippen LogP) is 1.48. The average molecular weight is 585 g/mol. The molecule has 4 atom stereocenters. The van der Waals surface area contributed by atoms with Gasteiger partial charge < -0.3 is 14.8 Å². The number of morpholine rings is 1. The number of benzene rings is 1. The minimum Gasteiger partial charge on any atom is -0.466 e. The van der Waals surface area contributed by atoms with Crippen molar-refractivity contribution in [1.82, 2.24) is 19.9 Å². The molecule has 3 aliphatic rings. The summed E-state index contributed by atoms with van der Waals surface area (Å²) in [4.78, 5) is 24.5. The molecule has 4 heterocycles. The number of piperidine rings is 1. The maximum atomic E-state index is 13.9. The van der Waals surface area contributed by atoms with Gasteiger partial charge in [0.25, 0.3) is 10.2 Å². The van der Waals surface area contributed by atoms with E-state index in [-0.39, 0.29) is 28.7 Å². The van der Waals surface area contributed by atoms with E-state index < -0.39 is 28.0 Å². The molecule has 2 bridgehead atoms. The molecule has 5 rings (SSSR count). The number of nitrogens with two attached hydrogens (primary N) is 1. The first-order valence-electron chi connectivity index (χ1n) is 11.8. The molecule has 4 N–H and O–H groups in total. The van der Waals surface area contributed by atoms with Gasteiger partial charge in [-0.3, -0.25) is 9.89 Å². The van der Waals surface area contributed by atoms with E-state index in [1.807, 2.05) is 5.38 Å². The van der Waals surface area contributed by atoms with Crippen molar-refractivity contribution in [1.29, 1.82) is 0 Å². The van der Waals surface area contributed by atoms with Gasteiger partial charge in [-0.25, -0.2) is 19.3 Å². The molecule has 1 aromatic carbocycles. The zero-order chi connectivity index (χ0) is 27.0. The Kier molecular flexibility index (Phi) is 7.82. The normalized spacial score (nSPS) is 26.1.